The molecule has 1 heterocycles. The van der Waals surface area contributed by atoms with E-state index in [-0.39, 0.29) is 18.1 Å². The largest absolute Gasteiger partial charge is 0.494 e. The number of hydrogen-bond donors (Lipinski definition) is 0. The van der Waals surface area contributed by atoms with Crippen LogP contribution in [0.1, 0.15) is 58.3 Å². The molecule has 1 amide bonds. The van der Waals surface area contributed by atoms with Crippen molar-refractivity contribution in [2.45, 2.75) is 52.5 Å². The van der Waals surface area contributed by atoms with Crippen LogP contribution in [-0.4, -0.2) is 40.1 Å². The van der Waals surface area contributed by atoms with E-state index >= 15 is 0 Å². The van der Waals surface area contributed by atoms with Crippen LogP contribution >= 0.6 is 0 Å². The van der Waals surface area contributed by atoms with Gasteiger partial charge in [-0.2, -0.15) is 0 Å². The lowest BCUT2D eigenvalue weighted by Gasteiger charge is -2.32. The van der Waals surface area contributed by atoms with Crippen molar-refractivity contribution in [1.29, 1.82) is 0 Å². The number of para-hydroxylation sites is 2. The minimum absolute atomic E-state index is 0.0898. The molecule has 39 heavy (non-hydrogen) atoms. The van der Waals surface area contributed by atoms with Crippen LogP contribution in [0.5, 0.6) is 11.5 Å². The summed E-state index contributed by atoms with van der Waals surface area (Å²) in [5, 5.41) is 0.529. The Bertz CT molecular complexity index is 1420. The monoisotopic (exact) mass is 527 g/mol. The van der Waals surface area contributed by atoms with Gasteiger partial charge in [0.05, 0.1) is 29.2 Å². The number of unbranched alkanes of at least 4 members (excludes halogenated alkanes) is 2. The highest BCUT2D eigenvalue weighted by atomic mass is 16.5. The third-order valence-electron chi connectivity index (χ3n) is 6.70. The highest BCUT2D eigenvalue weighted by molar-refractivity contribution is 5.79. The Morgan fingerprint density at radius 1 is 0.872 bits per heavy atom. The smallest absolute Gasteiger partial charge is 0.266 e. The van der Waals surface area contributed by atoms with Crippen LogP contribution in [0.4, 0.5) is 0 Å². The van der Waals surface area contributed by atoms with E-state index in [0.717, 1.165) is 25.0 Å². The molecule has 204 valence electrons. The molecule has 3 aromatic carbocycles. The van der Waals surface area contributed by atoms with Crippen LogP contribution in [0.2, 0.25) is 0 Å². The topological polar surface area (TPSA) is 73.7 Å². The minimum atomic E-state index is -0.419. The molecular formula is C32H37N3O4. The summed E-state index contributed by atoms with van der Waals surface area (Å²) >= 11 is 0. The van der Waals surface area contributed by atoms with Crippen molar-refractivity contribution >= 4 is 16.8 Å². The molecule has 0 fully saturated rings. The van der Waals surface area contributed by atoms with E-state index in [0.29, 0.717) is 47.7 Å². The third kappa shape index (κ3) is 6.66. The van der Waals surface area contributed by atoms with Crippen LogP contribution in [0.15, 0.2) is 83.7 Å². The molecule has 0 saturated heterocycles. The van der Waals surface area contributed by atoms with Crippen molar-refractivity contribution in [3.05, 3.63) is 95.0 Å². The maximum absolute atomic E-state index is 13.9. The van der Waals surface area contributed by atoms with Crippen molar-refractivity contribution in [2.24, 2.45) is 0 Å². The van der Waals surface area contributed by atoms with Crippen molar-refractivity contribution in [1.82, 2.24) is 14.5 Å². The summed E-state index contributed by atoms with van der Waals surface area (Å²) < 4.78 is 13.1. The Kier molecular flexibility index (Phi) is 9.73. The number of benzene rings is 3. The highest BCUT2D eigenvalue weighted by Crippen LogP contribution is 2.27. The molecule has 0 radical (unpaired) electrons. The molecule has 0 saturated carbocycles. The first-order valence-corrected chi connectivity index (χ1v) is 13.8. The zero-order valence-corrected chi connectivity index (χ0v) is 23.0. The molecule has 4 rings (SSSR count). The molecule has 0 N–H and O–H groups in total. The molecule has 4 aromatic rings. The molecule has 1 unspecified atom stereocenters. The summed E-state index contributed by atoms with van der Waals surface area (Å²) in [6.07, 6.45) is 3.47. The van der Waals surface area contributed by atoms with Crippen molar-refractivity contribution in [2.75, 3.05) is 19.8 Å². The average Bonchev–Trinajstić information content (AvgIpc) is 2.97. The van der Waals surface area contributed by atoms with Gasteiger partial charge in [-0.1, -0.05) is 57.0 Å². The summed E-state index contributed by atoms with van der Waals surface area (Å²) in [7, 11) is 0. The fourth-order valence-corrected chi connectivity index (χ4v) is 4.75. The number of rotatable bonds is 13. The van der Waals surface area contributed by atoms with E-state index in [2.05, 4.69) is 6.92 Å². The Morgan fingerprint density at radius 3 is 2.26 bits per heavy atom. The van der Waals surface area contributed by atoms with Crippen molar-refractivity contribution in [3.8, 4) is 17.2 Å². The van der Waals surface area contributed by atoms with Crippen LogP contribution in [0.3, 0.4) is 0 Å². The highest BCUT2D eigenvalue weighted by Gasteiger charge is 2.29. The molecule has 0 aliphatic heterocycles. The van der Waals surface area contributed by atoms with E-state index in [1.807, 2.05) is 91.5 Å². The summed E-state index contributed by atoms with van der Waals surface area (Å²) in [4.78, 5) is 34.4. The number of ether oxygens (including phenoxy) is 2. The molecule has 0 aliphatic rings. The Hall–Kier alpha value is -4.13. The van der Waals surface area contributed by atoms with Gasteiger partial charge in [0, 0.05) is 6.54 Å². The Labute approximate surface area is 230 Å². The van der Waals surface area contributed by atoms with Gasteiger partial charge in [-0.25, -0.2) is 4.98 Å². The molecule has 0 bridgehead atoms. The maximum Gasteiger partial charge on any atom is 0.266 e. The second-order valence-corrected chi connectivity index (χ2v) is 9.37. The second-order valence-electron chi connectivity index (χ2n) is 9.37. The second kappa shape index (κ2) is 13.6. The van der Waals surface area contributed by atoms with E-state index in [1.54, 1.807) is 10.6 Å². The molecular weight excluding hydrogens is 490 g/mol. The predicted molar refractivity (Wildman–Crippen MR) is 155 cm³/mol. The fourth-order valence-electron chi connectivity index (χ4n) is 4.75. The first-order valence-electron chi connectivity index (χ1n) is 13.8. The fraction of sp³-hybridized carbons (Fsp3) is 0.344. The normalized spacial score (nSPS) is 11.8. The number of hydrogen-bond acceptors (Lipinski definition) is 5. The average molecular weight is 528 g/mol. The summed E-state index contributed by atoms with van der Waals surface area (Å²) in [6.45, 7) is 7.10. The Morgan fingerprint density at radius 2 is 1.56 bits per heavy atom. The zero-order valence-electron chi connectivity index (χ0n) is 23.0. The van der Waals surface area contributed by atoms with Gasteiger partial charge in [-0.15, -0.1) is 0 Å². The van der Waals surface area contributed by atoms with Gasteiger partial charge < -0.3 is 14.4 Å². The predicted octanol–water partition coefficient (Wildman–Crippen LogP) is 6.33. The number of aromatic nitrogens is 2. The van der Waals surface area contributed by atoms with Gasteiger partial charge in [0.15, 0.2) is 6.61 Å². The van der Waals surface area contributed by atoms with Crippen molar-refractivity contribution in [3.63, 3.8) is 0 Å². The Balaban J connectivity index is 1.79. The van der Waals surface area contributed by atoms with Crippen LogP contribution < -0.4 is 15.0 Å². The number of fused-ring (bicyclic) bond motifs is 1. The van der Waals surface area contributed by atoms with Crippen molar-refractivity contribution < 1.29 is 14.3 Å². The molecule has 0 aliphatic carbocycles. The number of carbonyl (C=O) groups excluding carboxylic acids is 1. The van der Waals surface area contributed by atoms with E-state index < -0.39 is 6.04 Å². The van der Waals surface area contributed by atoms with Gasteiger partial charge >= 0.3 is 0 Å². The SMILES string of the molecule is CCCCCN(C(=O)COc1ccccc1)C(CC)c1nc2ccccc2c(=O)n1-c1ccc(OCC)cc1. The summed E-state index contributed by atoms with van der Waals surface area (Å²) in [5.74, 6) is 1.77. The van der Waals surface area contributed by atoms with Gasteiger partial charge in [-0.3, -0.25) is 14.2 Å². The quantitative estimate of drug-likeness (QED) is 0.190. The molecule has 0 spiro atoms. The first-order chi connectivity index (χ1) is 19.1. The van der Waals surface area contributed by atoms with Crippen LogP contribution in [0, 0.1) is 0 Å². The zero-order chi connectivity index (χ0) is 27.6. The van der Waals surface area contributed by atoms with E-state index in [1.165, 1.54) is 0 Å². The van der Waals surface area contributed by atoms with Crippen LogP contribution in [-0.2, 0) is 4.79 Å². The van der Waals surface area contributed by atoms with Gasteiger partial charge in [-0.05, 0) is 68.3 Å². The standard InChI is InChI=1S/C32H37N3O4/c1-4-7-13-22-34(30(36)23-39-25-14-9-8-10-15-25)29(5-2)31-33-28-17-12-11-16-27(28)32(37)35(31)24-18-20-26(21-19-24)38-6-3/h8-12,14-21,29H,4-7,13,22-23H2,1-3H3. The lowest BCUT2D eigenvalue weighted by Crippen LogP contribution is -2.41. The number of amides is 1. The van der Waals surface area contributed by atoms with Gasteiger partial charge in [0.1, 0.15) is 17.3 Å². The molecule has 7 nitrogen and oxygen atoms in total. The van der Waals surface area contributed by atoms with Crippen LogP contribution in [0.25, 0.3) is 16.6 Å². The number of carbonyl (C=O) groups is 1. The van der Waals surface area contributed by atoms with Gasteiger partial charge in [0.25, 0.3) is 11.5 Å². The van der Waals surface area contributed by atoms with E-state index in [9.17, 15) is 9.59 Å². The molecule has 1 atom stereocenters. The minimum Gasteiger partial charge on any atom is -0.494 e. The number of nitrogens with zero attached hydrogens (tertiary/aromatic N) is 3. The summed E-state index contributed by atoms with van der Waals surface area (Å²) in [5.41, 5.74) is 1.12. The molecule has 1 aromatic heterocycles. The summed E-state index contributed by atoms with van der Waals surface area (Å²) in [6, 6.07) is 23.7. The first kappa shape index (κ1) is 27.9. The van der Waals surface area contributed by atoms with E-state index in [4.69, 9.17) is 14.5 Å². The molecule has 7 heteroatoms. The van der Waals surface area contributed by atoms with Gasteiger partial charge in [0.2, 0.25) is 0 Å². The lowest BCUT2D eigenvalue weighted by molar-refractivity contribution is -0.136. The third-order valence-corrected chi connectivity index (χ3v) is 6.70. The lowest BCUT2D eigenvalue weighted by atomic mass is 10.1. The maximum atomic E-state index is 13.9.